The largest absolute Gasteiger partial charge is 0.394 e. The number of carbonyl (C=O) groups is 7. The molecule has 15 unspecified atom stereocenters. The first-order valence-corrected chi connectivity index (χ1v) is 33.5. The molecule has 3 rings (SSSR count). The van der Waals surface area contributed by atoms with Crippen LogP contribution in [0.3, 0.4) is 0 Å². The molecule has 0 aromatic rings. The molecule has 19 N–H and O–H groups in total. The van der Waals surface area contributed by atoms with E-state index in [0.29, 0.717) is 64.2 Å². The van der Waals surface area contributed by atoms with Gasteiger partial charge in [0.05, 0.1) is 59.5 Å². The molecule has 3 saturated heterocycles. The molecule has 0 bridgehead atoms. The minimum atomic E-state index is -1.56. The number of aliphatic hydroxyl groups is 12. The van der Waals surface area contributed by atoms with Crippen molar-refractivity contribution in [1.82, 2.24) is 37.2 Å². The van der Waals surface area contributed by atoms with E-state index < -0.39 is 117 Å². The fourth-order valence-corrected chi connectivity index (χ4v) is 9.96. The molecule has 96 heavy (non-hydrogen) atoms. The number of ether oxygens (including phenoxy) is 9. The number of hydrogen-bond acceptors (Lipinski definition) is 28. The van der Waals surface area contributed by atoms with Gasteiger partial charge in [0, 0.05) is 104 Å². The second-order valence-corrected chi connectivity index (χ2v) is 23.9. The van der Waals surface area contributed by atoms with Gasteiger partial charge in [-0.2, -0.15) is 0 Å². The minimum absolute atomic E-state index is 0.0762. The molecule has 35 nitrogen and oxygen atoms in total. The van der Waals surface area contributed by atoms with Crippen LogP contribution in [0.2, 0.25) is 0 Å². The minimum Gasteiger partial charge on any atom is -0.394 e. The van der Waals surface area contributed by atoms with Crippen molar-refractivity contribution >= 4 is 41.4 Å². The first-order valence-electron chi connectivity index (χ1n) is 33.5. The van der Waals surface area contributed by atoms with E-state index in [2.05, 4.69) is 37.2 Å². The molecule has 3 heterocycles. The van der Waals surface area contributed by atoms with Gasteiger partial charge in [-0.05, 0) is 64.2 Å². The van der Waals surface area contributed by atoms with Crippen LogP contribution in [0, 0.1) is 0 Å². The van der Waals surface area contributed by atoms with Crippen molar-refractivity contribution in [3.63, 3.8) is 0 Å². The zero-order chi connectivity index (χ0) is 70.7. The number of rotatable bonds is 53. The lowest BCUT2D eigenvalue weighted by atomic mass is 9.99. The van der Waals surface area contributed by atoms with Crippen molar-refractivity contribution in [3.05, 3.63) is 0 Å². The van der Waals surface area contributed by atoms with Crippen LogP contribution in [0.25, 0.3) is 0 Å². The number of nitrogens with one attached hydrogen (secondary N) is 7. The van der Waals surface area contributed by atoms with Gasteiger partial charge in [0.25, 0.3) is 0 Å². The normalized spacial score (nSPS) is 26.4. The standard InChI is InChI=1S/C61H111N7O28/c1-2-3-4-17-48(78)68-61(36-88-30-18-45(75)65-24-11-21-62-42(72)14-5-8-27-91-58-55(85)52(82)49(79)39(33-69)94-58,37-89-31-19-46(76)66-25-12-22-63-43(73)15-6-9-28-92-59-56(86)53(83)50(80)40(34-70)95-59)38-90-32-20-47(77)67-26-13-23-64-44(74)16-7-10-29-93-60-57(87)54(84)51(81)41(35-71)96-60/h39-41,49-60,69-71,79-87H,2-38H2,1H3,(H,62,72)(H,63,73)(H,64,74)(H,65,75)(H,66,76)(H,67,77)(H,68,78). The van der Waals surface area contributed by atoms with Crippen LogP contribution in [-0.4, -0.2) is 319 Å². The van der Waals surface area contributed by atoms with Crippen LogP contribution in [0.4, 0.5) is 0 Å². The lowest BCUT2D eigenvalue weighted by Gasteiger charge is -2.39. The number of unbranched alkanes of at least 4 members (excludes halogenated alkanes) is 5. The average molecular weight is 1390 g/mol. The van der Waals surface area contributed by atoms with Gasteiger partial charge in [0.1, 0.15) is 78.8 Å². The predicted octanol–water partition coefficient (Wildman–Crippen LogP) is -6.53. The molecular weight excluding hydrogens is 1280 g/mol. The molecule has 7 amide bonds. The Balaban J connectivity index is 1.43. The lowest BCUT2D eigenvalue weighted by molar-refractivity contribution is -0.301. The highest BCUT2D eigenvalue weighted by Crippen LogP contribution is 2.25. The van der Waals surface area contributed by atoms with Crippen LogP contribution in [0.1, 0.15) is 129 Å². The summed E-state index contributed by atoms with van der Waals surface area (Å²) in [6, 6.07) is 0. The summed E-state index contributed by atoms with van der Waals surface area (Å²) < 4.78 is 50.3. The van der Waals surface area contributed by atoms with E-state index >= 15 is 0 Å². The smallest absolute Gasteiger partial charge is 0.222 e. The second-order valence-electron chi connectivity index (χ2n) is 23.9. The summed E-state index contributed by atoms with van der Waals surface area (Å²) in [6.07, 6.45) is -14.5. The van der Waals surface area contributed by atoms with Crippen molar-refractivity contribution in [3.8, 4) is 0 Å². The molecule has 0 aromatic carbocycles. The van der Waals surface area contributed by atoms with Crippen LogP contribution in [0.15, 0.2) is 0 Å². The van der Waals surface area contributed by atoms with Crippen LogP contribution < -0.4 is 37.2 Å². The monoisotopic (exact) mass is 1390 g/mol. The number of amides is 7. The van der Waals surface area contributed by atoms with Crippen LogP contribution in [0.5, 0.6) is 0 Å². The Morgan fingerprint density at radius 1 is 0.323 bits per heavy atom. The molecule has 3 aliphatic rings. The third-order valence-electron chi connectivity index (χ3n) is 15.7. The molecule has 35 heteroatoms. The zero-order valence-electron chi connectivity index (χ0n) is 55.2. The van der Waals surface area contributed by atoms with E-state index in [-0.39, 0.29) is 185 Å². The third-order valence-corrected chi connectivity index (χ3v) is 15.7. The third kappa shape index (κ3) is 34.0. The highest BCUT2D eigenvalue weighted by molar-refractivity contribution is 5.78. The van der Waals surface area contributed by atoms with E-state index in [1.807, 2.05) is 6.92 Å². The van der Waals surface area contributed by atoms with Gasteiger partial charge in [-0.25, -0.2) is 0 Å². The molecule has 15 atom stereocenters. The Hall–Kier alpha value is -4.55. The van der Waals surface area contributed by atoms with Gasteiger partial charge in [-0.3, -0.25) is 33.6 Å². The second kappa shape index (κ2) is 49.9. The van der Waals surface area contributed by atoms with Gasteiger partial charge in [-0.15, -0.1) is 0 Å². The van der Waals surface area contributed by atoms with Crippen molar-refractivity contribution in [2.24, 2.45) is 0 Å². The summed E-state index contributed by atoms with van der Waals surface area (Å²) in [4.78, 5) is 89.3. The highest BCUT2D eigenvalue weighted by atomic mass is 16.7. The van der Waals surface area contributed by atoms with Crippen molar-refractivity contribution in [2.75, 3.05) is 119 Å². The molecule has 0 spiro atoms. The lowest BCUT2D eigenvalue weighted by Crippen LogP contribution is -2.59. The summed E-state index contributed by atoms with van der Waals surface area (Å²) >= 11 is 0. The van der Waals surface area contributed by atoms with Gasteiger partial charge >= 0.3 is 0 Å². The predicted molar refractivity (Wildman–Crippen MR) is 334 cm³/mol. The summed E-state index contributed by atoms with van der Waals surface area (Å²) in [5, 5.41) is 138. The Morgan fingerprint density at radius 3 is 0.854 bits per heavy atom. The zero-order valence-corrected chi connectivity index (χ0v) is 55.2. The van der Waals surface area contributed by atoms with Crippen molar-refractivity contribution in [2.45, 2.75) is 227 Å². The summed E-state index contributed by atoms with van der Waals surface area (Å²) in [7, 11) is 0. The van der Waals surface area contributed by atoms with E-state index in [1.165, 1.54) is 0 Å². The van der Waals surface area contributed by atoms with E-state index in [4.69, 9.17) is 42.6 Å². The maximum absolute atomic E-state index is 13.5. The molecule has 0 aliphatic carbocycles. The number of hydrogen-bond donors (Lipinski definition) is 19. The summed E-state index contributed by atoms with van der Waals surface area (Å²) in [5.74, 6) is -2.09. The molecule has 3 fully saturated rings. The SMILES string of the molecule is CCCCCC(=O)NC(COCCC(=O)NCCCNC(=O)CCCCOC1OC(CO)C(O)C(O)C1O)(COCCC(=O)NCCCNC(=O)CCCCOC1OC(CO)C(O)C(O)C1O)COCCC(=O)NCCCNC(=O)CCCCOC1OC(CO)C(O)C(O)C1O. The molecule has 0 saturated carbocycles. The molecule has 0 aromatic heterocycles. The summed E-state index contributed by atoms with van der Waals surface area (Å²) in [5.41, 5.74) is -1.35. The maximum Gasteiger partial charge on any atom is 0.222 e. The van der Waals surface area contributed by atoms with Crippen LogP contribution >= 0.6 is 0 Å². The van der Waals surface area contributed by atoms with E-state index in [1.54, 1.807) is 0 Å². The molecule has 3 aliphatic heterocycles. The number of aliphatic hydroxyl groups excluding tert-OH is 12. The topological polar surface area (TPSA) is 530 Å². The van der Waals surface area contributed by atoms with Gasteiger partial charge in [-0.1, -0.05) is 19.8 Å². The molecule has 0 radical (unpaired) electrons. The highest BCUT2D eigenvalue weighted by Gasteiger charge is 2.46. The molecular formula is C61H111N7O28. The Bertz CT molecular complexity index is 1970. The number of carbonyl (C=O) groups excluding carboxylic acids is 7. The Labute approximate surface area is 559 Å². The average Bonchev–Trinajstić information content (AvgIpc) is 0.866. The Morgan fingerprint density at radius 2 is 0.583 bits per heavy atom. The van der Waals surface area contributed by atoms with Gasteiger partial charge in [0.2, 0.25) is 41.4 Å². The van der Waals surface area contributed by atoms with Crippen LogP contribution in [-0.2, 0) is 76.2 Å². The first kappa shape index (κ1) is 85.7. The van der Waals surface area contributed by atoms with E-state index in [0.717, 1.165) is 12.8 Å². The van der Waals surface area contributed by atoms with Gasteiger partial charge in [0.15, 0.2) is 18.9 Å². The fraction of sp³-hybridized carbons (Fsp3) is 0.885. The Kier molecular flexibility index (Phi) is 44.5. The van der Waals surface area contributed by atoms with Crippen molar-refractivity contribution < 1.29 is 137 Å². The molecule has 558 valence electrons. The van der Waals surface area contributed by atoms with Gasteiger partial charge < -0.3 is 141 Å². The maximum atomic E-state index is 13.5. The van der Waals surface area contributed by atoms with Crippen molar-refractivity contribution in [1.29, 1.82) is 0 Å². The summed E-state index contributed by atoms with van der Waals surface area (Å²) in [6.45, 7) is 1.11. The quantitative estimate of drug-likeness (QED) is 0.0252. The van der Waals surface area contributed by atoms with E-state index in [9.17, 15) is 94.8 Å². The fourth-order valence-electron chi connectivity index (χ4n) is 9.96. The first-order chi connectivity index (χ1) is 46.1.